The molecule has 1 aromatic carbocycles. The highest BCUT2D eigenvalue weighted by Gasteiger charge is 2.38. The molecule has 0 aliphatic heterocycles. The summed E-state index contributed by atoms with van der Waals surface area (Å²) in [4.78, 5) is 0. The summed E-state index contributed by atoms with van der Waals surface area (Å²) in [6.45, 7) is 0. The van der Waals surface area contributed by atoms with Gasteiger partial charge in [0.05, 0.1) is 22.7 Å². The summed E-state index contributed by atoms with van der Waals surface area (Å²) in [6.07, 6.45) is -4.23. The second kappa shape index (κ2) is 6.05. The van der Waals surface area contributed by atoms with Crippen molar-refractivity contribution >= 4 is 24.0 Å². The third-order valence-corrected chi connectivity index (χ3v) is 3.49. The predicted molar refractivity (Wildman–Crippen MR) is 69.3 cm³/mol. The summed E-state index contributed by atoms with van der Waals surface area (Å²) in [5.74, 6) is -1.09. The third-order valence-electron chi connectivity index (χ3n) is 3.22. The molecule has 1 aliphatic rings. The minimum absolute atomic E-state index is 0. The number of benzene rings is 1. The van der Waals surface area contributed by atoms with Crippen LogP contribution in [0, 0.1) is 11.7 Å². The van der Waals surface area contributed by atoms with Gasteiger partial charge in [-0.1, -0.05) is 11.6 Å². The first kappa shape index (κ1) is 17.5. The standard InChI is InChI=1S/C12H12ClF4NO.ClH/c13-8-4-6(12(15,16)17)3-7(9(8)14)10(18)11(19)5-1-2-5;/h3-5,10-11,19H,1-2,18H2;1H/t10-,11+;/m0./s1. The summed E-state index contributed by atoms with van der Waals surface area (Å²) in [7, 11) is 0. The third kappa shape index (κ3) is 3.55. The Hall–Kier alpha value is -0.560. The molecular weight excluding hydrogens is 321 g/mol. The molecule has 1 fully saturated rings. The van der Waals surface area contributed by atoms with Gasteiger partial charge >= 0.3 is 6.18 Å². The Kier molecular flexibility index (Phi) is 5.29. The Morgan fingerprint density at radius 1 is 1.30 bits per heavy atom. The Balaban J connectivity index is 0.00000200. The van der Waals surface area contributed by atoms with Gasteiger partial charge in [-0.2, -0.15) is 13.2 Å². The van der Waals surface area contributed by atoms with Crippen LogP contribution < -0.4 is 5.73 Å². The Bertz CT molecular complexity index is 491. The molecule has 1 aromatic rings. The molecule has 0 saturated heterocycles. The lowest BCUT2D eigenvalue weighted by Crippen LogP contribution is -2.29. The molecule has 114 valence electrons. The molecule has 2 rings (SSSR count). The van der Waals surface area contributed by atoms with E-state index in [0.29, 0.717) is 12.1 Å². The van der Waals surface area contributed by atoms with Gasteiger partial charge in [0.15, 0.2) is 0 Å². The summed E-state index contributed by atoms with van der Waals surface area (Å²) < 4.78 is 51.7. The minimum atomic E-state index is -4.64. The topological polar surface area (TPSA) is 46.2 Å². The number of alkyl halides is 3. The molecule has 0 bridgehead atoms. The summed E-state index contributed by atoms with van der Waals surface area (Å²) in [5.41, 5.74) is 4.17. The van der Waals surface area contributed by atoms with Crippen molar-refractivity contribution in [3.63, 3.8) is 0 Å². The number of rotatable bonds is 3. The van der Waals surface area contributed by atoms with Gasteiger partial charge in [-0.15, -0.1) is 12.4 Å². The predicted octanol–water partition coefficient (Wildman–Crippen LogP) is 3.69. The Labute approximate surface area is 124 Å². The number of hydrogen-bond donors (Lipinski definition) is 2. The zero-order valence-electron chi connectivity index (χ0n) is 10.1. The minimum Gasteiger partial charge on any atom is -0.391 e. The number of halogens is 6. The lowest BCUT2D eigenvalue weighted by atomic mass is 9.96. The molecule has 1 aliphatic carbocycles. The van der Waals surface area contributed by atoms with Crippen LogP contribution in [0.25, 0.3) is 0 Å². The van der Waals surface area contributed by atoms with E-state index < -0.39 is 40.3 Å². The lowest BCUT2D eigenvalue weighted by Gasteiger charge is -2.21. The maximum absolute atomic E-state index is 13.8. The van der Waals surface area contributed by atoms with E-state index >= 15 is 0 Å². The van der Waals surface area contributed by atoms with Crippen LogP contribution in [-0.2, 0) is 6.18 Å². The van der Waals surface area contributed by atoms with E-state index in [1.165, 1.54) is 0 Å². The Morgan fingerprint density at radius 2 is 1.85 bits per heavy atom. The normalized spacial score (nSPS) is 18.4. The van der Waals surface area contributed by atoms with Gasteiger partial charge in [0.2, 0.25) is 0 Å². The van der Waals surface area contributed by atoms with Gasteiger partial charge in [-0.3, -0.25) is 0 Å². The van der Waals surface area contributed by atoms with E-state index in [1.54, 1.807) is 0 Å². The monoisotopic (exact) mass is 333 g/mol. The van der Waals surface area contributed by atoms with Crippen molar-refractivity contribution in [3.05, 3.63) is 34.1 Å². The van der Waals surface area contributed by atoms with E-state index in [1.807, 2.05) is 0 Å². The van der Waals surface area contributed by atoms with Crippen LogP contribution >= 0.6 is 24.0 Å². The largest absolute Gasteiger partial charge is 0.416 e. The van der Waals surface area contributed by atoms with Crippen molar-refractivity contribution in [2.75, 3.05) is 0 Å². The average Bonchev–Trinajstić information content (AvgIpc) is 3.13. The van der Waals surface area contributed by atoms with Crippen LogP contribution in [0.15, 0.2) is 12.1 Å². The van der Waals surface area contributed by atoms with Crippen LogP contribution in [0.4, 0.5) is 17.6 Å². The second-order valence-corrected chi connectivity index (χ2v) is 5.12. The van der Waals surface area contributed by atoms with Crippen molar-refractivity contribution in [3.8, 4) is 0 Å². The molecule has 0 aromatic heterocycles. The molecule has 0 unspecified atom stereocenters. The van der Waals surface area contributed by atoms with Crippen molar-refractivity contribution in [2.24, 2.45) is 11.7 Å². The van der Waals surface area contributed by atoms with Crippen LogP contribution in [-0.4, -0.2) is 11.2 Å². The number of aliphatic hydroxyl groups excluding tert-OH is 1. The van der Waals surface area contributed by atoms with E-state index in [4.69, 9.17) is 17.3 Å². The van der Waals surface area contributed by atoms with Crippen LogP contribution in [0.2, 0.25) is 5.02 Å². The smallest absolute Gasteiger partial charge is 0.391 e. The van der Waals surface area contributed by atoms with Gasteiger partial charge in [-0.25, -0.2) is 4.39 Å². The fraction of sp³-hybridized carbons (Fsp3) is 0.500. The first-order valence-electron chi connectivity index (χ1n) is 5.71. The highest BCUT2D eigenvalue weighted by atomic mass is 35.5. The zero-order chi connectivity index (χ0) is 14.4. The van der Waals surface area contributed by atoms with E-state index in [9.17, 15) is 22.7 Å². The van der Waals surface area contributed by atoms with E-state index in [2.05, 4.69) is 0 Å². The first-order valence-corrected chi connectivity index (χ1v) is 6.09. The first-order chi connectivity index (χ1) is 8.71. The molecule has 1 saturated carbocycles. The summed E-state index contributed by atoms with van der Waals surface area (Å²) in [6, 6.07) is -0.0963. The van der Waals surface area contributed by atoms with Crippen LogP contribution in [0.1, 0.15) is 30.0 Å². The molecule has 8 heteroatoms. The highest BCUT2D eigenvalue weighted by Crippen LogP contribution is 2.40. The summed E-state index contributed by atoms with van der Waals surface area (Å²) >= 11 is 5.46. The molecule has 0 radical (unpaired) electrons. The SMILES string of the molecule is Cl.N[C@@H](c1cc(C(F)(F)F)cc(Cl)c1F)[C@H](O)C1CC1. The van der Waals surface area contributed by atoms with E-state index in [0.717, 1.165) is 12.8 Å². The maximum atomic E-state index is 13.8. The molecule has 0 heterocycles. The Morgan fingerprint density at radius 3 is 2.30 bits per heavy atom. The number of aliphatic hydroxyl groups is 1. The van der Waals surface area contributed by atoms with Crippen molar-refractivity contribution in [2.45, 2.75) is 31.2 Å². The fourth-order valence-corrected chi connectivity index (χ4v) is 2.16. The van der Waals surface area contributed by atoms with E-state index in [-0.39, 0.29) is 18.3 Å². The highest BCUT2D eigenvalue weighted by molar-refractivity contribution is 6.30. The fourth-order valence-electron chi connectivity index (χ4n) is 1.93. The average molecular weight is 334 g/mol. The molecule has 20 heavy (non-hydrogen) atoms. The number of hydrogen-bond acceptors (Lipinski definition) is 2. The maximum Gasteiger partial charge on any atom is 0.416 e. The van der Waals surface area contributed by atoms with Gasteiger partial charge in [0, 0.05) is 5.56 Å². The van der Waals surface area contributed by atoms with Crippen molar-refractivity contribution in [1.82, 2.24) is 0 Å². The van der Waals surface area contributed by atoms with Gasteiger partial charge < -0.3 is 10.8 Å². The molecule has 2 nitrogen and oxygen atoms in total. The van der Waals surface area contributed by atoms with Crippen molar-refractivity contribution in [1.29, 1.82) is 0 Å². The molecule has 2 atom stereocenters. The van der Waals surface area contributed by atoms with Gasteiger partial charge in [-0.05, 0) is 30.9 Å². The van der Waals surface area contributed by atoms with Crippen LogP contribution in [0.3, 0.4) is 0 Å². The molecular formula is C12H13Cl2F4NO. The second-order valence-electron chi connectivity index (χ2n) is 4.71. The lowest BCUT2D eigenvalue weighted by molar-refractivity contribution is -0.137. The summed E-state index contributed by atoms with van der Waals surface area (Å²) in [5, 5.41) is 9.15. The quantitative estimate of drug-likeness (QED) is 0.828. The van der Waals surface area contributed by atoms with Crippen molar-refractivity contribution < 1.29 is 22.7 Å². The van der Waals surface area contributed by atoms with Gasteiger partial charge in [0.1, 0.15) is 5.82 Å². The van der Waals surface area contributed by atoms with Crippen LogP contribution in [0.5, 0.6) is 0 Å². The van der Waals surface area contributed by atoms with Gasteiger partial charge in [0.25, 0.3) is 0 Å². The molecule has 0 amide bonds. The number of nitrogens with two attached hydrogens (primary N) is 1. The molecule has 3 N–H and O–H groups in total. The molecule has 0 spiro atoms. The zero-order valence-corrected chi connectivity index (χ0v) is 11.7.